The zero-order valence-electron chi connectivity index (χ0n) is 71.5. The number of halogens is 8. The molecule has 23 heteroatoms. The van der Waals surface area contributed by atoms with Gasteiger partial charge in [-0.3, -0.25) is 0 Å². The van der Waals surface area contributed by atoms with Gasteiger partial charge in [-0.25, -0.2) is 42.3 Å². The van der Waals surface area contributed by atoms with Crippen molar-refractivity contribution in [3.8, 4) is 0 Å². The van der Waals surface area contributed by atoms with Gasteiger partial charge < -0.3 is 38.3 Å². The molecule has 0 aliphatic heterocycles. The molecule has 8 fully saturated rings. The molecule has 116 heavy (non-hydrogen) atoms. The second kappa shape index (κ2) is 42.6. The molecule has 1 N–H and O–H groups in total. The Labute approximate surface area is 684 Å². The molecule has 0 amide bonds. The summed E-state index contributed by atoms with van der Waals surface area (Å²) in [6.07, 6.45) is 6.02. The minimum Gasteiger partial charge on any atom is -0.459 e. The van der Waals surface area contributed by atoms with Crippen LogP contribution in [0.15, 0.2) is 157 Å². The van der Waals surface area contributed by atoms with Crippen LogP contribution in [-0.4, -0.2) is 99.8 Å². The number of alkyl halides is 8. The average molecular weight is 1640 g/mol. The van der Waals surface area contributed by atoms with Gasteiger partial charge in [-0.15, -0.1) is 0 Å². The third kappa shape index (κ3) is 29.2. The summed E-state index contributed by atoms with van der Waals surface area (Å²) in [6, 6.07) is 19.7. The lowest BCUT2D eigenvalue weighted by molar-refractivity contribution is -0.373. The van der Waals surface area contributed by atoms with E-state index in [4.69, 9.17) is 33.2 Å². The number of esters is 7. The molecule has 0 spiro atoms. The molecule has 6 bridgehead atoms. The molecule has 0 heterocycles. The Balaban J connectivity index is 0.000000289. The standard InChI is InChI=1S/C16H20O2.C15H18F6O3.C15H24F2O2.C15H22O2.C13H16O2.C11H16O2.C8H14O2/c1-13(2)15(17)18-16(11-7-4-8-12-16)14-9-5-3-6-10-14;1-7(2)12(22)24-11-5-8-3-9(11)4-10(8)6-13(23,14(16,17)18)15(19,20)21;1-5-14(6-2,19-13(18)11(3)4)12-7-9-15(16,17)10-8-12;1-9(2)14(16)17-15(3)12-5-10-4-11(7-12)8-13(15)6-10;1-10(2)12(14)15-13(3,4)11-8-6-5-7-9-11;1-8(2)11(12)13-10-6-4-5-9(3)7-10;1-6(2)7(9)10-8(3,4)5/h3,5-6,9-10H,1,4,7-8,11-12H2,2H3;8-11,23H,1,3-6H2,2H3;12H,3,5-10H2,1-2,4H3;10-13H,1,4-8H2,2-3H3;5-9H,1H2,2-4H3;7,10H,1,4-6H2,2-3H3;1H2,2-5H3. The van der Waals surface area contributed by atoms with Crippen molar-refractivity contribution >= 4 is 41.8 Å². The van der Waals surface area contributed by atoms with Crippen LogP contribution in [0, 0.1) is 47.3 Å². The Morgan fingerprint density at radius 3 is 1.33 bits per heavy atom. The molecule has 15 nitrogen and oxygen atoms in total. The number of aliphatic hydroxyl groups is 1. The van der Waals surface area contributed by atoms with Gasteiger partial charge in [0.15, 0.2) is 0 Å². The van der Waals surface area contributed by atoms with Crippen LogP contribution in [-0.2, 0) is 77.9 Å². The molecule has 0 saturated heterocycles. The maximum atomic E-state index is 13.2. The van der Waals surface area contributed by atoms with Gasteiger partial charge in [-0.1, -0.05) is 133 Å². The maximum Gasteiger partial charge on any atom is 0.426 e. The van der Waals surface area contributed by atoms with Gasteiger partial charge in [-0.2, -0.15) is 26.3 Å². The quantitative estimate of drug-likeness (QED) is 0.0430. The summed E-state index contributed by atoms with van der Waals surface area (Å²) in [5, 5.41) is 9.31. The van der Waals surface area contributed by atoms with Gasteiger partial charge in [0.1, 0.15) is 40.2 Å². The van der Waals surface area contributed by atoms with Crippen LogP contribution in [0.4, 0.5) is 35.1 Å². The average Bonchev–Trinajstić information content (AvgIpc) is 0.760. The van der Waals surface area contributed by atoms with Crippen molar-refractivity contribution in [2.75, 3.05) is 0 Å². The van der Waals surface area contributed by atoms with Crippen LogP contribution < -0.4 is 0 Å². The van der Waals surface area contributed by atoms with Crippen molar-refractivity contribution < 1.29 is 107 Å². The first kappa shape index (κ1) is 100. The van der Waals surface area contributed by atoms with Crippen LogP contribution in [0.3, 0.4) is 0 Å². The van der Waals surface area contributed by atoms with Crippen LogP contribution in [0.2, 0.25) is 0 Å². The number of ether oxygens (including phenoxy) is 7. The topological polar surface area (TPSA) is 204 Å². The van der Waals surface area contributed by atoms with Crippen molar-refractivity contribution in [2.45, 2.75) is 323 Å². The zero-order chi connectivity index (χ0) is 88.1. The van der Waals surface area contributed by atoms with Crippen LogP contribution >= 0.6 is 0 Å². The summed E-state index contributed by atoms with van der Waals surface area (Å²) in [7, 11) is 0. The minimum absolute atomic E-state index is 0.0189. The van der Waals surface area contributed by atoms with E-state index in [0.717, 1.165) is 67.9 Å². The van der Waals surface area contributed by atoms with Crippen molar-refractivity contribution in [2.24, 2.45) is 47.3 Å². The molecule has 5 unspecified atom stereocenters. The fourth-order valence-electron chi connectivity index (χ4n) is 16.8. The zero-order valence-corrected chi connectivity index (χ0v) is 71.5. The van der Waals surface area contributed by atoms with E-state index in [1.165, 1.54) is 51.0 Å². The lowest BCUT2D eigenvalue weighted by atomic mass is 9.50. The summed E-state index contributed by atoms with van der Waals surface area (Å²) in [5.74, 6) is -3.62. The smallest absolute Gasteiger partial charge is 0.426 e. The molecule has 0 radical (unpaired) electrons. The molecule has 9 aliphatic rings. The van der Waals surface area contributed by atoms with E-state index >= 15 is 0 Å². The molecule has 5 atom stereocenters. The number of hydrogen-bond acceptors (Lipinski definition) is 15. The summed E-state index contributed by atoms with van der Waals surface area (Å²) in [6.45, 7) is 53.7. The van der Waals surface area contributed by atoms with Crippen LogP contribution in [0.1, 0.15) is 270 Å². The predicted molar refractivity (Wildman–Crippen MR) is 434 cm³/mol. The third-order valence-corrected chi connectivity index (χ3v) is 23.4. The van der Waals surface area contributed by atoms with Gasteiger partial charge in [-0.05, 0) is 290 Å². The Bertz CT molecular complexity index is 3740. The lowest BCUT2D eigenvalue weighted by Crippen LogP contribution is -2.58. The van der Waals surface area contributed by atoms with E-state index in [-0.39, 0.29) is 84.6 Å². The number of carbonyl (C=O) groups is 7. The number of fused-ring (bicyclic) bond motifs is 2. The molecule has 9 aliphatic carbocycles. The monoisotopic (exact) mass is 1640 g/mol. The van der Waals surface area contributed by atoms with Crippen LogP contribution in [0.5, 0.6) is 0 Å². The first-order chi connectivity index (χ1) is 53.5. The normalized spacial score (nSPS) is 24.1. The predicted octanol–water partition coefficient (Wildman–Crippen LogP) is 23.1. The summed E-state index contributed by atoms with van der Waals surface area (Å²) < 4.78 is 141. The highest BCUT2D eigenvalue weighted by Gasteiger charge is 2.71. The molecular formula is C93H130F8O15. The second-order valence-electron chi connectivity index (χ2n) is 35.0. The van der Waals surface area contributed by atoms with Crippen molar-refractivity contribution in [3.05, 3.63) is 169 Å². The van der Waals surface area contributed by atoms with Crippen molar-refractivity contribution in [3.63, 3.8) is 0 Å². The number of carbonyl (C=O) groups excluding carboxylic acids is 7. The number of allylic oxidation sites excluding steroid dienone is 1. The Morgan fingerprint density at radius 1 is 0.491 bits per heavy atom. The van der Waals surface area contributed by atoms with E-state index in [2.05, 4.69) is 72.0 Å². The molecule has 2 aromatic rings. The van der Waals surface area contributed by atoms with E-state index in [1.54, 1.807) is 41.5 Å². The first-order valence-electron chi connectivity index (χ1n) is 40.7. The van der Waals surface area contributed by atoms with Gasteiger partial charge in [0.05, 0.1) is 0 Å². The maximum absolute atomic E-state index is 13.2. The van der Waals surface area contributed by atoms with E-state index in [1.807, 2.05) is 103 Å². The highest BCUT2D eigenvalue weighted by atomic mass is 19.4. The van der Waals surface area contributed by atoms with E-state index < -0.39 is 82.6 Å². The largest absolute Gasteiger partial charge is 0.459 e. The summed E-state index contributed by atoms with van der Waals surface area (Å²) in [4.78, 5) is 80.4. The fraction of sp³-hybridized carbons (Fsp3) is 0.624. The van der Waals surface area contributed by atoms with Gasteiger partial charge in [0.25, 0.3) is 5.60 Å². The van der Waals surface area contributed by atoms with Crippen molar-refractivity contribution in [1.82, 2.24) is 0 Å². The van der Waals surface area contributed by atoms with E-state index in [0.29, 0.717) is 77.4 Å². The molecule has 11 rings (SSSR count). The number of hydrogen-bond donors (Lipinski definition) is 1. The molecule has 2 aromatic carbocycles. The van der Waals surface area contributed by atoms with Crippen molar-refractivity contribution in [1.29, 1.82) is 0 Å². The van der Waals surface area contributed by atoms with Gasteiger partial charge >= 0.3 is 54.1 Å². The summed E-state index contributed by atoms with van der Waals surface area (Å²) >= 11 is 0. The minimum atomic E-state index is -5.79. The first-order valence-corrected chi connectivity index (χ1v) is 40.7. The highest BCUT2D eigenvalue weighted by Crippen LogP contribution is 2.60. The number of benzene rings is 2. The SMILES string of the molecule is C=C(C)C(=O)OC(C)(C)C.C=C(C)C(=O)OC(C)(C)c1ccccc1.C=C(C)C(=O)OC(CC)(CC)C1CCC(F)(F)CC1.C=C(C)C(=O)OC1(C)C2CC3CC(C2)CC1C3.C=C(C)C(=O)OC1(c2ccccc2)CCCCC1.C=C(C)C(=O)OC1C=C(C)CCC1.C=C(C)C(=O)OC1CC2CC1CC2CC(O)(C(F)(F)F)C(F)(F)F. The van der Waals surface area contributed by atoms with Gasteiger partial charge in [0.2, 0.25) is 5.92 Å². The van der Waals surface area contributed by atoms with Crippen LogP contribution in [0.25, 0.3) is 0 Å². The third-order valence-electron chi connectivity index (χ3n) is 23.4. The molecule has 0 aromatic heterocycles. The second-order valence-corrected chi connectivity index (χ2v) is 35.0. The Kier molecular flexibility index (Phi) is 36.9. The fourth-order valence-corrected chi connectivity index (χ4v) is 16.8. The highest BCUT2D eigenvalue weighted by molar-refractivity contribution is 5.90. The van der Waals surface area contributed by atoms with E-state index in [9.17, 15) is 73.8 Å². The lowest BCUT2D eigenvalue weighted by Gasteiger charge is -2.59. The Hall–Kier alpha value is -7.95. The Morgan fingerprint density at radius 2 is 0.922 bits per heavy atom. The molecule has 8 saturated carbocycles. The van der Waals surface area contributed by atoms with Gasteiger partial charge in [0, 0.05) is 51.9 Å². The summed E-state index contributed by atoms with van der Waals surface area (Å²) in [5.41, 5.74) is -0.742. The number of rotatable bonds is 20. The molecular weight excluding hydrogens is 1510 g/mol. The molecule has 648 valence electrons.